The zero-order valence-corrected chi connectivity index (χ0v) is 11.0. The van der Waals surface area contributed by atoms with E-state index in [1.807, 2.05) is 36.4 Å². The summed E-state index contributed by atoms with van der Waals surface area (Å²) in [7, 11) is 0. The Balaban J connectivity index is 1.63. The van der Waals surface area contributed by atoms with Crippen LogP contribution in [0.5, 0.6) is 0 Å². The molecule has 2 nitrogen and oxygen atoms in total. The summed E-state index contributed by atoms with van der Waals surface area (Å²) < 4.78 is 5.40. The molecule has 0 aliphatic heterocycles. The maximum Gasteiger partial charge on any atom is 0.162 e. The first-order chi connectivity index (χ1) is 8.84. The molecule has 0 aliphatic rings. The Bertz CT molecular complexity index is 463. The molecular weight excluding hydrogens is 244 g/mol. The molecule has 0 aliphatic carbocycles. The molecule has 18 heavy (non-hydrogen) atoms. The van der Waals surface area contributed by atoms with E-state index < -0.39 is 0 Å². The van der Waals surface area contributed by atoms with Gasteiger partial charge in [0, 0.05) is 17.7 Å². The molecule has 94 valence electrons. The van der Waals surface area contributed by atoms with Gasteiger partial charge in [0.05, 0.1) is 6.61 Å². The van der Waals surface area contributed by atoms with Crippen LogP contribution in [0, 0.1) is 0 Å². The highest BCUT2D eigenvalue weighted by molar-refractivity contribution is 7.09. The molecule has 0 bridgehead atoms. The van der Waals surface area contributed by atoms with Gasteiger partial charge in [0.1, 0.15) is 6.61 Å². The molecule has 1 aromatic carbocycles. The fourth-order valence-electron chi connectivity index (χ4n) is 1.69. The fourth-order valence-corrected chi connectivity index (χ4v) is 2.38. The monoisotopic (exact) mass is 260 g/mol. The number of ether oxygens (including phenoxy) is 1. The Labute approximate surface area is 111 Å². The van der Waals surface area contributed by atoms with Gasteiger partial charge in [0.2, 0.25) is 0 Å². The summed E-state index contributed by atoms with van der Waals surface area (Å²) in [5.41, 5.74) is 1.05. The van der Waals surface area contributed by atoms with Gasteiger partial charge in [0.25, 0.3) is 0 Å². The number of carbonyl (C=O) groups excluding carboxylic acids is 1. The Morgan fingerprint density at radius 3 is 2.67 bits per heavy atom. The highest BCUT2D eigenvalue weighted by Crippen LogP contribution is 2.09. The van der Waals surface area contributed by atoms with Crippen molar-refractivity contribution in [3.8, 4) is 0 Å². The molecule has 2 aromatic rings. The maximum absolute atomic E-state index is 11.7. The third-order valence-electron chi connectivity index (χ3n) is 2.58. The van der Waals surface area contributed by atoms with Crippen LogP contribution in [-0.4, -0.2) is 19.0 Å². The van der Waals surface area contributed by atoms with Crippen LogP contribution in [-0.2, 0) is 22.4 Å². The third-order valence-corrected chi connectivity index (χ3v) is 3.52. The molecular formula is C15H16O2S. The fraction of sp³-hybridized carbons (Fsp3) is 0.267. The smallest absolute Gasteiger partial charge is 0.162 e. The first-order valence-corrected chi connectivity index (χ1v) is 6.88. The van der Waals surface area contributed by atoms with E-state index in [-0.39, 0.29) is 12.4 Å². The highest BCUT2D eigenvalue weighted by atomic mass is 32.1. The molecule has 0 saturated heterocycles. The summed E-state index contributed by atoms with van der Waals surface area (Å²) in [4.78, 5) is 12.9. The minimum absolute atomic E-state index is 0.132. The van der Waals surface area contributed by atoms with Crippen LogP contribution in [0.25, 0.3) is 0 Å². The Hall–Kier alpha value is -1.45. The normalized spacial score (nSPS) is 10.4. The Morgan fingerprint density at radius 2 is 1.94 bits per heavy atom. The summed E-state index contributed by atoms with van der Waals surface area (Å²) in [6.07, 6.45) is 1.34. The van der Waals surface area contributed by atoms with Crippen LogP contribution >= 0.6 is 11.3 Å². The lowest BCUT2D eigenvalue weighted by Crippen LogP contribution is -2.12. The van der Waals surface area contributed by atoms with Crippen molar-refractivity contribution in [1.82, 2.24) is 0 Å². The van der Waals surface area contributed by atoms with Crippen molar-refractivity contribution in [2.24, 2.45) is 0 Å². The van der Waals surface area contributed by atoms with Gasteiger partial charge in [-0.3, -0.25) is 4.79 Å². The molecule has 2 rings (SSSR count). The average Bonchev–Trinajstić information content (AvgIpc) is 2.89. The Kier molecular flexibility index (Phi) is 5.12. The van der Waals surface area contributed by atoms with Crippen molar-refractivity contribution in [3.05, 3.63) is 58.3 Å². The number of carbonyl (C=O) groups is 1. The van der Waals surface area contributed by atoms with Gasteiger partial charge in [-0.05, 0) is 17.0 Å². The van der Waals surface area contributed by atoms with Crippen LogP contribution in [0.3, 0.4) is 0 Å². The lowest BCUT2D eigenvalue weighted by molar-refractivity contribution is -0.122. The van der Waals surface area contributed by atoms with E-state index in [9.17, 15) is 4.79 Å². The summed E-state index contributed by atoms with van der Waals surface area (Å²) in [5, 5.41) is 2.05. The SMILES string of the molecule is O=C(COCCc1cccs1)Cc1ccccc1. The maximum atomic E-state index is 11.7. The minimum atomic E-state index is 0.132. The number of benzene rings is 1. The second-order valence-corrected chi connectivity index (χ2v) is 5.12. The van der Waals surface area contributed by atoms with Crippen molar-refractivity contribution in [1.29, 1.82) is 0 Å². The molecule has 0 N–H and O–H groups in total. The van der Waals surface area contributed by atoms with Gasteiger partial charge in [-0.15, -0.1) is 11.3 Å². The number of hydrogen-bond donors (Lipinski definition) is 0. The van der Waals surface area contributed by atoms with E-state index >= 15 is 0 Å². The summed E-state index contributed by atoms with van der Waals surface area (Å²) >= 11 is 1.72. The van der Waals surface area contributed by atoms with Crippen LogP contribution in [0.2, 0.25) is 0 Å². The number of thiophene rings is 1. The third kappa shape index (κ3) is 4.43. The van der Waals surface area contributed by atoms with E-state index in [1.165, 1.54) is 4.88 Å². The van der Waals surface area contributed by atoms with Crippen LogP contribution in [0.4, 0.5) is 0 Å². The Morgan fingerprint density at radius 1 is 1.11 bits per heavy atom. The van der Waals surface area contributed by atoms with Crippen LogP contribution in [0.1, 0.15) is 10.4 Å². The molecule has 0 amide bonds. The summed E-state index contributed by atoms with van der Waals surface area (Å²) in [5.74, 6) is 0.132. The van der Waals surface area contributed by atoms with Gasteiger partial charge < -0.3 is 4.74 Å². The molecule has 0 unspecified atom stereocenters. The van der Waals surface area contributed by atoms with Gasteiger partial charge >= 0.3 is 0 Å². The molecule has 0 fully saturated rings. The molecule has 3 heteroatoms. The standard InChI is InChI=1S/C15H16O2S/c16-14(11-13-5-2-1-3-6-13)12-17-9-8-15-7-4-10-18-15/h1-7,10H,8-9,11-12H2. The van der Waals surface area contributed by atoms with E-state index in [2.05, 4.69) is 11.4 Å². The average molecular weight is 260 g/mol. The second kappa shape index (κ2) is 7.09. The van der Waals surface area contributed by atoms with Gasteiger partial charge in [-0.1, -0.05) is 36.4 Å². The quantitative estimate of drug-likeness (QED) is 0.715. The molecule has 0 spiro atoms. The summed E-state index contributed by atoms with van der Waals surface area (Å²) in [6.45, 7) is 0.821. The number of rotatable bonds is 7. The zero-order chi connectivity index (χ0) is 12.6. The minimum Gasteiger partial charge on any atom is -0.373 e. The van der Waals surface area contributed by atoms with Crippen molar-refractivity contribution in [2.45, 2.75) is 12.8 Å². The van der Waals surface area contributed by atoms with E-state index in [1.54, 1.807) is 11.3 Å². The predicted octanol–water partition coefficient (Wildman–Crippen LogP) is 3.12. The second-order valence-electron chi connectivity index (χ2n) is 4.08. The zero-order valence-electron chi connectivity index (χ0n) is 10.2. The number of ketones is 1. The van der Waals surface area contributed by atoms with Crippen molar-refractivity contribution >= 4 is 17.1 Å². The van der Waals surface area contributed by atoms with Crippen LogP contribution in [0.15, 0.2) is 47.8 Å². The summed E-state index contributed by atoms with van der Waals surface area (Å²) in [6, 6.07) is 13.9. The number of Topliss-reactive ketones (excluding diaryl/α,β-unsaturated/α-hetero) is 1. The largest absolute Gasteiger partial charge is 0.373 e. The molecule has 1 aromatic heterocycles. The van der Waals surface area contributed by atoms with Gasteiger partial charge in [-0.2, -0.15) is 0 Å². The molecule has 1 heterocycles. The first-order valence-electron chi connectivity index (χ1n) is 6.00. The van der Waals surface area contributed by atoms with Gasteiger partial charge in [0.15, 0.2) is 5.78 Å². The van der Waals surface area contributed by atoms with Crippen molar-refractivity contribution in [2.75, 3.05) is 13.2 Å². The van der Waals surface area contributed by atoms with Crippen LogP contribution < -0.4 is 0 Å². The van der Waals surface area contributed by atoms with Gasteiger partial charge in [-0.25, -0.2) is 0 Å². The van der Waals surface area contributed by atoms with Crippen molar-refractivity contribution < 1.29 is 9.53 Å². The molecule has 0 saturated carbocycles. The highest BCUT2D eigenvalue weighted by Gasteiger charge is 2.03. The first kappa shape index (κ1) is 13.0. The lowest BCUT2D eigenvalue weighted by Gasteiger charge is -2.03. The number of hydrogen-bond acceptors (Lipinski definition) is 3. The molecule has 0 radical (unpaired) electrons. The predicted molar refractivity (Wildman–Crippen MR) is 74.0 cm³/mol. The van der Waals surface area contributed by atoms with E-state index in [0.29, 0.717) is 13.0 Å². The lowest BCUT2D eigenvalue weighted by atomic mass is 10.1. The van der Waals surface area contributed by atoms with E-state index in [4.69, 9.17) is 4.74 Å². The van der Waals surface area contributed by atoms with E-state index in [0.717, 1.165) is 12.0 Å². The molecule has 0 atom stereocenters. The van der Waals surface area contributed by atoms with Crippen molar-refractivity contribution in [3.63, 3.8) is 0 Å². The topological polar surface area (TPSA) is 26.3 Å².